The predicted molar refractivity (Wildman–Crippen MR) is 67.2 cm³/mol. The van der Waals surface area contributed by atoms with Gasteiger partial charge in [0.25, 0.3) is 0 Å². The van der Waals surface area contributed by atoms with Crippen molar-refractivity contribution in [2.45, 2.75) is 19.3 Å². The van der Waals surface area contributed by atoms with E-state index in [9.17, 15) is 13.2 Å². The Hall–Kier alpha value is -1.95. The molecular formula is C14H14F3NO2. The normalized spacial score (nSPS) is 11.6. The fourth-order valence-corrected chi connectivity index (χ4v) is 1.66. The van der Waals surface area contributed by atoms with Crippen LogP contribution < -0.4 is 10.1 Å². The van der Waals surface area contributed by atoms with E-state index in [-0.39, 0.29) is 6.61 Å². The Balaban J connectivity index is 1.93. The third-order valence-electron chi connectivity index (χ3n) is 2.63. The van der Waals surface area contributed by atoms with Gasteiger partial charge in [-0.05, 0) is 43.4 Å². The first-order valence-electron chi connectivity index (χ1n) is 6.01. The molecule has 0 fully saturated rings. The minimum absolute atomic E-state index is 0.176. The van der Waals surface area contributed by atoms with Crippen LogP contribution in [0.5, 0.6) is 5.75 Å². The van der Waals surface area contributed by atoms with Gasteiger partial charge in [-0.15, -0.1) is 0 Å². The van der Waals surface area contributed by atoms with Crippen molar-refractivity contribution in [2.75, 3.05) is 7.05 Å². The molecule has 0 bridgehead atoms. The summed E-state index contributed by atoms with van der Waals surface area (Å²) < 4.78 is 48.0. The second-order valence-corrected chi connectivity index (χ2v) is 4.21. The van der Waals surface area contributed by atoms with Crippen molar-refractivity contribution in [3.05, 3.63) is 53.5 Å². The van der Waals surface area contributed by atoms with E-state index in [2.05, 4.69) is 5.32 Å². The average Bonchev–Trinajstić information content (AvgIpc) is 2.84. The average molecular weight is 285 g/mol. The molecule has 6 heteroatoms. The van der Waals surface area contributed by atoms with Gasteiger partial charge >= 0.3 is 6.18 Å². The molecule has 1 heterocycles. The van der Waals surface area contributed by atoms with Gasteiger partial charge in [-0.2, -0.15) is 13.2 Å². The van der Waals surface area contributed by atoms with E-state index < -0.39 is 11.7 Å². The summed E-state index contributed by atoms with van der Waals surface area (Å²) in [5, 5.41) is 2.95. The number of furan rings is 1. The van der Waals surface area contributed by atoms with E-state index in [0.29, 0.717) is 18.1 Å². The van der Waals surface area contributed by atoms with Crippen LogP contribution >= 0.6 is 0 Å². The molecule has 108 valence electrons. The minimum atomic E-state index is -4.33. The summed E-state index contributed by atoms with van der Waals surface area (Å²) in [6, 6.07) is 8.16. The zero-order chi connectivity index (χ0) is 14.6. The highest BCUT2D eigenvalue weighted by atomic mass is 19.4. The maximum atomic E-state index is 12.4. The quantitative estimate of drug-likeness (QED) is 0.911. The van der Waals surface area contributed by atoms with Crippen LogP contribution in [0.4, 0.5) is 13.2 Å². The Kier molecular flexibility index (Phi) is 4.34. The molecular weight excluding hydrogens is 271 g/mol. The summed E-state index contributed by atoms with van der Waals surface area (Å²) in [4.78, 5) is 0. The molecule has 0 atom stereocenters. The first-order valence-corrected chi connectivity index (χ1v) is 6.01. The second kappa shape index (κ2) is 6.00. The lowest BCUT2D eigenvalue weighted by Gasteiger charge is -2.08. The zero-order valence-corrected chi connectivity index (χ0v) is 10.8. The lowest BCUT2D eigenvalue weighted by molar-refractivity contribution is -0.137. The van der Waals surface area contributed by atoms with Crippen molar-refractivity contribution in [1.29, 1.82) is 0 Å². The Morgan fingerprint density at radius 1 is 1.05 bits per heavy atom. The van der Waals surface area contributed by atoms with Crippen molar-refractivity contribution in [3.63, 3.8) is 0 Å². The van der Waals surface area contributed by atoms with Gasteiger partial charge < -0.3 is 14.5 Å². The Morgan fingerprint density at radius 2 is 1.70 bits per heavy atom. The van der Waals surface area contributed by atoms with Gasteiger partial charge in [0.05, 0.1) is 12.1 Å². The maximum absolute atomic E-state index is 12.4. The van der Waals surface area contributed by atoms with Crippen molar-refractivity contribution in [2.24, 2.45) is 0 Å². The monoisotopic (exact) mass is 285 g/mol. The number of halogens is 3. The molecule has 0 spiro atoms. The van der Waals surface area contributed by atoms with E-state index in [0.717, 1.165) is 17.9 Å². The molecule has 0 amide bonds. The molecule has 0 saturated heterocycles. The number of alkyl halides is 3. The fraction of sp³-hybridized carbons (Fsp3) is 0.286. The third kappa shape index (κ3) is 3.77. The molecule has 1 aromatic heterocycles. The molecule has 20 heavy (non-hydrogen) atoms. The number of ether oxygens (including phenoxy) is 1. The van der Waals surface area contributed by atoms with Crippen LogP contribution in [-0.4, -0.2) is 7.05 Å². The molecule has 1 N–H and O–H groups in total. The van der Waals surface area contributed by atoms with Gasteiger partial charge in [0.1, 0.15) is 23.9 Å². The first-order chi connectivity index (χ1) is 9.49. The van der Waals surface area contributed by atoms with Gasteiger partial charge in [-0.3, -0.25) is 0 Å². The molecule has 0 aliphatic carbocycles. The highest BCUT2D eigenvalue weighted by molar-refractivity contribution is 5.29. The van der Waals surface area contributed by atoms with Gasteiger partial charge in [0, 0.05) is 0 Å². The van der Waals surface area contributed by atoms with Crippen LogP contribution in [0.25, 0.3) is 0 Å². The molecule has 2 aromatic rings. The largest absolute Gasteiger partial charge is 0.486 e. The number of benzene rings is 1. The molecule has 3 nitrogen and oxygen atoms in total. The number of rotatable bonds is 5. The van der Waals surface area contributed by atoms with E-state index in [1.54, 1.807) is 13.1 Å². The van der Waals surface area contributed by atoms with Crippen LogP contribution in [0.1, 0.15) is 17.1 Å². The van der Waals surface area contributed by atoms with Gasteiger partial charge in [-0.25, -0.2) is 0 Å². The zero-order valence-electron chi connectivity index (χ0n) is 10.8. The fourth-order valence-electron chi connectivity index (χ4n) is 1.66. The lowest BCUT2D eigenvalue weighted by Crippen LogP contribution is -2.04. The molecule has 0 aliphatic heterocycles. The lowest BCUT2D eigenvalue weighted by atomic mass is 10.2. The summed E-state index contributed by atoms with van der Waals surface area (Å²) in [6.45, 7) is 0.787. The Labute approximate surface area is 114 Å². The Morgan fingerprint density at radius 3 is 2.30 bits per heavy atom. The predicted octanol–water partition coefficient (Wildman–Crippen LogP) is 3.60. The summed E-state index contributed by atoms with van der Waals surface area (Å²) >= 11 is 0. The topological polar surface area (TPSA) is 34.4 Å². The number of nitrogens with one attached hydrogen (secondary N) is 1. The van der Waals surface area contributed by atoms with Gasteiger partial charge in [-0.1, -0.05) is 0 Å². The second-order valence-electron chi connectivity index (χ2n) is 4.21. The number of hydrogen-bond donors (Lipinski definition) is 1. The summed E-state index contributed by atoms with van der Waals surface area (Å²) in [7, 11) is 1.81. The highest BCUT2D eigenvalue weighted by Gasteiger charge is 2.29. The van der Waals surface area contributed by atoms with Gasteiger partial charge in [0.15, 0.2) is 0 Å². The van der Waals surface area contributed by atoms with Crippen molar-refractivity contribution in [3.8, 4) is 5.75 Å². The summed E-state index contributed by atoms with van der Waals surface area (Å²) in [5.41, 5.74) is -0.695. The molecule has 1 aromatic carbocycles. The van der Waals surface area contributed by atoms with Crippen LogP contribution in [0.15, 0.2) is 40.8 Å². The van der Waals surface area contributed by atoms with Crippen molar-refractivity contribution in [1.82, 2.24) is 5.32 Å². The SMILES string of the molecule is CNCc1ccc(COc2ccc(C(F)(F)F)cc2)o1. The third-order valence-corrected chi connectivity index (χ3v) is 2.63. The summed E-state index contributed by atoms with van der Waals surface area (Å²) in [5.74, 6) is 1.76. The van der Waals surface area contributed by atoms with E-state index in [1.807, 2.05) is 6.07 Å². The first kappa shape index (κ1) is 14.5. The number of hydrogen-bond acceptors (Lipinski definition) is 3. The van der Waals surface area contributed by atoms with Crippen molar-refractivity contribution >= 4 is 0 Å². The van der Waals surface area contributed by atoms with Crippen LogP contribution in [0, 0.1) is 0 Å². The van der Waals surface area contributed by atoms with E-state index >= 15 is 0 Å². The standard InChI is InChI=1S/C14H14F3NO2/c1-18-8-12-6-7-13(20-12)9-19-11-4-2-10(3-5-11)14(15,16)17/h2-7,18H,8-9H2,1H3. The highest BCUT2D eigenvalue weighted by Crippen LogP contribution is 2.30. The molecule has 0 radical (unpaired) electrons. The minimum Gasteiger partial charge on any atom is -0.486 e. The van der Waals surface area contributed by atoms with E-state index in [1.165, 1.54) is 12.1 Å². The molecule has 0 aliphatic rings. The van der Waals surface area contributed by atoms with Crippen LogP contribution in [0.3, 0.4) is 0 Å². The van der Waals surface area contributed by atoms with Crippen LogP contribution in [-0.2, 0) is 19.3 Å². The molecule has 0 unspecified atom stereocenters. The Bertz CT molecular complexity index is 546. The van der Waals surface area contributed by atoms with E-state index in [4.69, 9.17) is 9.15 Å². The maximum Gasteiger partial charge on any atom is 0.416 e. The molecule has 2 rings (SSSR count). The summed E-state index contributed by atoms with van der Waals surface area (Å²) in [6.07, 6.45) is -4.33. The molecule has 0 saturated carbocycles. The van der Waals surface area contributed by atoms with Crippen molar-refractivity contribution < 1.29 is 22.3 Å². The van der Waals surface area contributed by atoms with Gasteiger partial charge in [0.2, 0.25) is 0 Å². The smallest absolute Gasteiger partial charge is 0.416 e. The van der Waals surface area contributed by atoms with Crippen LogP contribution in [0.2, 0.25) is 0 Å².